The Hall–Kier alpha value is -3.72. The highest BCUT2D eigenvalue weighted by molar-refractivity contribution is 9.10. The third-order valence-corrected chi connectivity index (χ3v) is 8.43. The van der Waals surface area contributed by atoms with E-state index >= 15 is 0 Å². The average Bonchev–Trinajstić information content (AvgIpc) is 3.55. The maximum atomic E-state index is 11.8. The van der Waals surface area contributed by atoms with Gasteiger partial charge in [0.05, 0.1) is 35.3 Å². The summed E-state index contributed by atoms with van der Waals surface area (Å²) in [5, 5.41) is 0. The lowest BCUT2D eigenvalue weighted by molar-refractivity contribution is -0.145. The number of para-hydroxylation sites is 4. The minimum absolute atomic E-state index is 0.195. The van der Waals surface area contributed by atoms with Crippen LogP contribution in [0.15, 0.2) is 60.7 Å². The number of hydrogen-bond acceptors (Lipinski definition) is 6. The highest BCUT2D eigenvalue weighted by Gasteiger charge is 2.25. The number of esters is 1. The molecule has 0 unspecified atom stereocenters. The van der Waals surface area contributed by atoms with Crippen LogP contribution in [0.25, 0.3) is 45.1 Å². The summed E-state index contributed by atoms with van der Waals surface area (Å²) in [7, 11) is 4.05. The number of hydrogen-bond donors (Lipinski definition) is 0. The highest BCUT2D eigenvalue weighted by Crippen LogP contribution is 2.31. The molecule has 0 saturated heterocycles. The first kappa shape index (κ1) is 32.7. The van der Waals surface area contributed by atoms with Crippen molar-refractivity contribution in [1.29, 1.82) is 0 Å². The molecular weight excluding hydrogens is 630 g/mol. The van der Waals surface area contributed by atoms with E-state index in [1.807, 2.05) is 76.5 Å². The van der Waals surface area contributed by atoms with Crippen molar-refractivity contribution in [2.75, 3.05) is 13.2 Å². The van der Waals surface area contributed by atoms with Gasteiger partial charge in [0.2, 0.25) is 0 Å². The van der Waals surface area contributed by atoms with Gasteiger partial charge in [0.25, 0.3) is 0 Å². The van der Waals surface area contributed by atoms with Crippen molar-refractivity contribution < 1.29 is 14.3 Å². The number of aromatic nitrogens is 5. The Morgan fingerprint density at radius 1 is 0.689 bits per heavy atom. The van der Waals surface area contributed by atoms with E-state index < -0.39 is 4.32 Å². The lowest BCUT2D eigenvalue weighted by atomic mass is 10.1. The number of ether oxygens (including phenoxy) is 2. The van der Waals surface area contributed by atoms with Gasteiger partial charge in [-0.1, -0.05) is 85.1 Å². The van der Waals surface area contributed by atoms with Crippen molar-refractivity contribution in [3.05, 3.63) is 60.7 Å². The summed E-state index contributed by atoms with van der Waals surface area (Å²) in [6.07, 6.45) is 10.2. The first-order valence-electron chi connectivity index (χ1n) is 16.1. The number of rotatable bonds is 16. The smallest absolute Gasteiger partial charge is 0.322 e. The van der Waals surface area contributed by atoms with Crippen LogP contribution in [0.1, 0.15) is 71.6 Å². The van der Waals surface area contributed by atoms with Crippen LogP contribution >= 0.6 is 15.9 Å². The minimum Gasteiger partial charge on any atom is -0.493 e. The van der Waals surface area contributed by atoms with Crippen LogP contribution in [0.4, 0.5) is 0 Å². The number of carbonyl (C=O) groups is 1. The number of aryl methyl sites for hydroxylation is 2. The lowest BCUT2D eigenvalue weighted by Crippen LogP contribution is -2.26. The van der Waals surface area contributed by atoms with Gasteiger partial charge in [-0.15, -0.1) is 0 Å². The first-order valence-corrected chi connectivity index (χ1v) is 16.9. The molecule has 0 N–H and O–H groups in total. The maximum absolute atomic E-state index is 11.8. The van der Waals surface area contributed by atoms with Gasteiger partial charge in [-0.2, -0.15) is 0 Å². The number of imidazole rings is 2. The van der Waals surface area contributed by atoms with Crippen LogP contribution in [-0.4, -0.2) is 47.6 Å². The second-order valence-corrected chi connectivity index (χ2v) is 14.2. The first-order chi connectivity index (χ1) is 21.7. The van der Waals surface area contributed by atoms with Gasteiger partial charge in [0.1, 0.15) is 21.5 Å². The molecule has 2 aromatic carbocycles. The summed E-state index contributed by atoms with van der Waals surface area (Å²) >= 11 is 3.34. The van der Waals surface area contributed by atoms with Crippen LogP contribution in [0.3, 0.4) is 0 Å². The normalized spacial score (nSPS) is 11.8. The van der Waals surface area contributed by atoms with Crippen LogP contribution in [0.2, 0.25) is 0 Å². The largest absolute Gasteiger partial charge is 0.493 e. The van der Waals surface area contributed by atoms with Gasteiger partial charge in [-0.05, 0) is 51.0 Å². The van der Waals surface area contributed by atoms with E-state index in [0.717, 1.165) is 76.5 Å². The van der Waals surface area contributed by atoms with Crippen LogP contribution in [0.5, 0.6) is 5.75 Å². The van der Waals surface area contributed by atoms with Crippen molar-refractivity contribution >= 4 is 44.0 Å². The number of nitrogens with zero attached hydrogens (tertiary/aromatic N) is 5. The number of halogens is 1. The number of alkyl halides is 1. The van der Waals surface area contributed by atoms with Crippen molar-refractivity contribution in [3.63, 3.8) is 0 Å². The number of benzene rings is 2. The fraction of sp³-hybridized carbons (Fsp3) is 0.444. The lowest BCUT2D eigenvalue weighted by Gasteiger charge is -2.14. The van der Waals surface area contributed by atoms with Crippen LogP contribution in [-0.2, 0) is 23.6 Å². The quantitative estimate of drug-likeness (QED) is 0.0591. The zero-order chi connectivity index (χ0) is 31.8. The van der Waals surface area contributed by atoms with E-state index in [1.165, 1.54) is 32.1 Å². The predicted octanol–water partition coefficient (Wildman–Crippen LogP) is 8.80. The standard InChI is InChI=1S/C36H44BrN5O3/c1-36(2,37)35(43)45-23-17-11-9-7-5-6-8-10-16-22-44-26-24-29(33-39-27-18-12-14-20-31(27)41(33)3)38-30(25-26)34-40-28-19-13-15-21-32(28)42(34)4/h12-15,18-21,24-25H,5-11,16-17,22-23H2,1-4H3. The molecule has 8 nitrogen and oxygen atoms in total. The molecule has 3 heterocycles. The summed E-state index contributed by atoms with van der Waals surface area (Å²) in [4.78, 5) is 26.6. The fourth-order valence-electron chi connectivity index (χ4n) is 5.54. The zero-order valence-electron chi connectivity index (χ0n) is 26.9. The average molecular weight is 675 g/mol. The Morgan fingerprint density at radius 2 is 1.13 bits per heavy atom. The van der Waals surface area contributed by atoms with Crippen molar-refractivity contribution in [2.45, 2.75) is 76.0 Å². The van der Waals surface area contributed by atoms with Crippen molar-refractivity contribution in [3.8, 4) is 28.8 Å². The second-order valence-electron chi connectivity index (χ2n) is 12.2. The van der Waals surface area contributed by atoms with E-state index in [0.29, 0.717) is 13.2 Å². The highest BCUT2D eigenvalue weighted by atomic mass is 79.9. The van der Waals surface area contributed by atoms with E-state index in [-0.39, 0.29) is 5.97 Å². The Bertz CT molecular complexity index is 1640. The Kier molecular flexibility index (Phi) is 10.9. The van der Waals surface area contributed by atoms with Gasteiger partial charge in [-0.3, -0.25) is 4.79 Å². The molecule has 0 aliphatic carbocycles. The number of pyridine rings is 1. The topological polar surface area (TPSA) is 84.1 Å². The minimum atomic E-state index is -0.605. The summed E-state index contributed by atoms with van der Waals surface area (Å²) in [5.74, 6) is 2.18. The van der Waals surface area contributed by atoms with E-state index in [4.69, 9.17) is 24.4 Å². The van der Waals surface area contributed by atoms with Gasteiger partial charge in [0, 0.05) is 26.2 Å². The third kappa shape index (κ3) is 8.31. The molecule has 0 radical (unpaired) electrons. The fourth-order valence-corrected chi connectivity index (χ4v) is 5.65. The summed E-state index contributed by atoms with van der Waals surface area (Å²) in [6, 6.07) is 20.3. The SMILES string of the molecule is Cn1c(-c2cc(OCCCCCCCCCCCOC(=O)C(C)(C)Br)cc(-c3nc4ccccc4n3C)n2)nc2ccccc21. The van der Waals surface area contributed by atoms with Gasteiger partial charge >= 0.3 is 5.97 Å². The number of fused-ring (bicyclic) bond motifs is 2. The Labute approximate surface area is 274 Å². The molecule has 5 aromatic rings. The molecule has 0 amide bonds. The van der Waals surface area contributed by atoms with Crippen LogP contribution < -0.4 is 4.74 Å². The molecule has 0 fully saturated rings. The van der Waals surface area contributed by atoms with Gasteiger partial charge in [0.15, 0.2) is 11.6 Å². The Balaban J connectivity index is 1.14. The molecule has 0 aliphatic heterocycles. The van der Waals surface area contributed by atoms with Crippen molar-refractivity contribution in [2.24, 2.45) is 14.1 Å². The molecular formula is C36H44BrN5O3. The molecule has 0 saturated carbocycles. The molecule has 9 heteroatoms. The molecule has 0 aliphatic rings. The van der Waals surface area contributed by atoms with Crippen LogP contribution in [0, 0.1) is 0 Å². The predicted molar refractivity (Wildman–Crippen MR) is 185 cm³/mol. The molecule has 0 atom stereocenters. The Morgan fingerprint density at radius 3 is 1.60 bits per heavy atom. The van der Waals surface area contributed by atoms with Gasteiger partial charge < -0.3 is 18.6 Å². The van der Waals surface area contributed by atoms with E-state index in [9.17, 15) is 4.79 Å². The molecule has 0 bridgehead atoms. The summed E-state index contributed by atoms with van der Waals surface area (Å²) < 4.78 is 15.2. The number of unbranched alkanes of at least 4 members (excludes halogenated alkanes) is 8. The third-order valence-electron chi connectivity index (χ3n) is 8.11. The van der Waals surface area contributed by atoms with Gasteiger partial charge in [-0.25, -0.2) is 15.0 Å². The maximum Gasteiger partial charge on any atom is 0.322 e. The summed E-state index contributed by atoms with van der Waals surface area (Å²) in [5.41, 5.74) is 5.52. The molecule has 45 heavy (non-hydrogen) atoms. The second kappa shape index (κ2) is 15.0. The van der Waals surface area contributed by atoms with E-state index in [1.54, 1.807) is 0 Å². The number of carbonyl (C=O) groups excluding carboxylic acids is 1. The van der Waals surface area contributed by atoms with E-state index in [2.05, 4.69) is 37.2 Å². The monoisotopic (exact) mass is 673 g/mol. The van der Waals surface area contributed by atoms with Crippen molar-refractivity contribution in [1.82, 2.24) is 24.1 Å². The molecule has 238 valence electrons. The zero-order valence-corrected chi connectivity index (χ0v) is 28.5. The molecule has 3 aromatic heterocycles. The molecule has 5 rings (SSSR count). The summed E-state index contributed by atoms with van der Waals surface area (Å²) in [6.45, 7) is 4.77. The molecule has 0 spiro atoms.